The third kappa shape index (κ3) is 5.00. The Morgan fingerprint density at radius 2 is 2.00 bits per heavy atom. The van der Waals surface area contributed by atoms with Gasteiger partial charge in [0.05, 0.1) is 6.10 Å². The summed E-state index contributed by atoms with van der Waals surface area (Å²) in [5, 5.41) is 12.6. The molecule has 1 aromatic rings. The molecule has 0 saturated carbocycles. The minimum absolute atomic E-state index is 0.0129. The van der Waals surface area contributed by atoms with Crippen LogP contribution in [0.4, 0.5) is 0 Å². The van der Waals surface area contributed by atoms with Gasteiger partial charge in [0.2, 0.25) is 5.91 Å². The molecule has 0 aliphatic carbocycles. The number of aliphatic hydroxyl groups excluding tert-OH is 1. The van der Waals surface area contributed by atoms with Crippen molar-refractivity contribution >= 4 is 5.91 Å². The number of carbonyl (C=O) groups is 1. The van der Waals surface area contributed by atoms with Crippen molar-refractivity contribution in [2.24, 2.45) is 5.92 Å². The summed E-state index contributed by atoms with van der Waals surface area (Å²) < 4.78 is 0. The first-order chi connectivity index (χ1) is 8.13. The molecule has 0 aromatic heterocycles. The predicted molar refractivity (Wildman–Crippen MR) is 68.6 cm³/mol. The van der Waals surface area contributed by atoms with Crippen molar-refractivity contribution in [3.63, 3.8) is 0 Å². The van der Waals surface area contributed by atoms with E-state index in [1.54, 1.807) is 0 Å². The maximum absolute atomic E-state index is 11.5. The molecule has 94 valence electrons. The molecule has 17 heavy (non-hydrogen) atoms. The molecule has 0 aliphatic heterocycles. The van der Waals surface area contributed by atoms with Crippen molar-refractivity contribution in [1.29, 1.82) is 0 Å². The number of carbonyl (C=O) groups excluding carboxylic acids is 1. The van der Waals surface area contributed by atoms with E-state index >= 15 is 0 Å². The van der Waals surface area contributed by atoms with Crippen LogP contribution in [0.3, 0.4) is 0 Å². The summed E-state index contributed by atoms with van der Waals surface area (Å²) in [6, 6.07) is 9.78. The topological polar surface area (TPSA) is 49.3 Å². The number of rotatable bonds is 6. The van der Waals surface area contributed by atoms with Gasteiger partial charge < -0.3 is 10.4 Å². The van der Waals surface area contributed by atoms with Gasteiger partial charge in [0.1, 0.15) is 0 Å². The number of hydrogen-bond acceptors (Lipinski definition) is 2. The Hall–Kier alpha value is -1.35. The third-order valence-corrected chi connectivity index (χ3v) is 2.89. The fourth-order valence-corrected chi connectivity index (χ4v) is 1.54. The maximum atomic E-state index is 11.5. The summed E-state index contributed by atoms with van der Waals surface area (Å²) in [4.78, 5) is 11.5. The van der Waals surface area contributed by atoms with Crippen LogP contribution in [-0.2, 0) is 11.2 Å². The summed E-state index contributed by atoms with van der Waals surface area (Å²) >= 11 is 0. The lowest BCUT2D eigenvalue weighted by Crippen LogP contribution is -2.36. The van der Waals surface area contributed by atoms with Crippen LogP contribution in [0.25, 0.3) is 0 Å². The number of nitrogens with one attached hydrogen (secondary N) is 1. The number of hydrogen-bond donors (Lipinski definition) is 2. The van der Waals surface area contributed by atoms with Crippen LogP contribution >= 0.6 is 0 Å². The van der Waals surface area contributed by atoms with Gasteiger partial charge in [-0.25, -0.2) is 0 Å². The smallest absolute Gasteiger partial charge is 0.222 e. The Labute approximate surface area is 103 Å². The fraction of sp³-hybridized carbons (Fsp3) is 0.500. The van der Waals surface area contributed by atoms with Crippen molar-refractivity contribution in [2.75, 3.05) is 6.54 Å². The Balaban J connectivity index is 2.31. The molecule has 3 nitrogen and oxygen atoms in total. The lowest BCUT2D eigenvalue weighted by Gasteiger charge is -2.14. The average Bonchev–Trinajstić information content (AvgIpc) is 2.36. The first-order valence-electron chi connectivity index (χ1n) is 6.13. The molecular formula is C14H21NO2. The molecule has 3 heteroatoms. The van der Waals surface area contributed by atoms with E-state index in [1.807, 2.05) is 44.2 Å². The molecule has 0 spiro atoms. The largest absolute Gasteiger partial charge is 0.391 e. The average molecular weight is 235 g/mol. The monoisotopic (exact) mass is 235 g/mol. The molecule has 0 fully saturated rings. The molecule has 0 bridgehead atoms. The first-order valence-corrected chi connectivity index (χ1v) is 6.13. The Bertz CT molecular complexity index is 337. The predicted octanol–water partition coefficient (Wildman–Crippen LogP) is 1.75. The fourth-order valence-electron chi connectivity index (χ4n) is 1.54. The van der Waals surface area contributed by atoms with E-state index in [-0.39, 0.29) is 11.8 Å². The van der Waals surface area contributed by atoms with Gasteiger partial charge in [0.25, 0.3) is 0 Å². The van der Waals surface area contributed by atoms with E-state index in [4.69, 9.17) is 0 Å². The van der Waals surface area contributed by atoms with Crippen molar-refractivity contribution in [3.05, 3.63) is 35.9 Å². The molecule has 2 N–H and O–H groups in total. The highest BCUT2D eigenvalue weighted by Gasteiger charge is 2.12. The van der Waals surface area contributed by atoms with Crippen LogP contribution in [0.5, 0.6) is 0 Å². The molecule has 0 radical (unpaired) electrons. The molecule has 1 amide bonds. The summed E-state index contributed by atoms with van der Waals surface area (Å²) in [5.74, 6) is 0.0264. The van der Waals surface area contributed by atoms with E-state index in [9.17, 15) is 9.90 Å². The van der Waals surface area contributed by atoms with Crippen LogP contribution in [0.2, 0.25) is 0 Å². The molecule has 0 saturated heterocycles. The summed E-state index contributed by atoms with van der Waals surface area (Å²) in [5.41, 5.74) is 1.08. The van der Waals surface area contributed by atoms with Crippen molar-refractivity contribution in [2.45, 2.75) is 32.8 Å². The SMILES string of the molecule is CCC(C)C(=O)NCC(O)Cc1ccccc1. The van der Waals surface area contributed by atoms with Crippen molar-refractivity contribution in [1.82, 2.24) is 5.32 Å². The minimum Gasteiger partial charge on any atom is -0.391 e. The van der Waals surface area contributed by atoms with Gasteiger partial charge in [-0.1, -0.05) is 44.2 Å². The van der Waals surface area contributed by atoms with Crippen LogP contribution in [0, 0.1) is 5.92 Å². The van der Waals surface area contributed by atoms with E-state index < -0.39 is 6.10 Å². The molecule has 0 heterocycles. The molecule has 0 aliphatic rings. The molecule has 2 unspecified atom stereocenters. The van der Waals surface area contributed by atoms with Crippen LogP contribution in [-0.4, -0.2) is 23.7 Å². The first kappa shape index (κ1) is 13.7. The normalized spacial score (nSPS) is 14.1. The van der Waals surface area contributed by atoms with Gasteiger partial charge >= 0.3 is 0 Å². The lowest BCUT2D eigenvalue weighted by atomic mass is 10.1. The summed E-state index contributed by atoms with van der Waals surface area (Å²) in [6.07, 6.45) is 0.868. The zero-order valence-corrected chi connectivity index (χ0v) is 10.5. The molecule has 2 atom stereocenters. The lowest BCUT2D eigenvalue weighted by molar-refractivity contribution is -0.125. The summed E-state index contributed by atoms with van der Waals surface area (Å²) in [7, 11) is 0. The van der Waals surface area contributed by atoms with Gasteiger partial charge in [0, 0.05) is 18.9 Å². The van der Waals surface area contributed by atoms with Crippen molar-refractivity contribution in [3.8, 4) is 0 Å². The Morgan fingerprint density at radius 1 is 1.35 bits per heavy atom. The van der Waals surface area contributed by atoms with E-state index in [2.05, 4.69) is 5.32 Å². The zero-order valence-electron chi connectivity index (χ0n) is 10.5. The number of amides is 1. The van der Waals surface area contributed by atoms with Gasteiger partial charge in [-0.3, -0.25) is 4.79 Å². The third-order valence-electron chi connectivity index (χ3n) is 2.89. The van der Waals surface area contributed by atoms with Crippen LogP contribution in [0.1, 0.15) is 25.8 Å². The second-order valence-corrected chi connectivity index (χ2v) is 4.40. The molecule has 1 aromatic carbocycles. The van der Waals surface area contributed by atoms with Crippen LogP contribution < -0.4 is 5.32 Å². The number of benzene rings is 1. The summed E-state index contributed by atoms with van der Waals surface area (Å²) in [6.45, 7) is 4.18. The van der Waals surface area contributed by atoms with Gasteiger partial charge in [-0.2, -0.15) is 0 Å². The minimum atomic E-state index is -0.523. The quantitative estimate of drug-likeness (QED) is 0.789. The van der Waals surface area contributed by atoms with Crippen LogP contribution in [0.15, 0.2) is 30.3 Å². The van der Waals surface area contributed by atoms with Crippen molar-refractivity contribution < 1.29 is 9.90 Å². The van der Waals surface area contributed by atoms with Gasteiger partial charge in [-0.15, -0.1) is 0 Å². The van der Waals surface area contributed by atoms with Gasteiger partial charge in [0.15, 0.2) is 0 Å². The van der Waals surface area contributed by atoms with E-state index in [1.165, 1.54) is 0 Å². The van der Waals surface area contributed by atoms with E-state index in [0.717, 1.165) is 12.0 Å². The standard InChI is InChI=1S/C14H21NO2/c1-3-11(2)14(17)15-10-13(16)9-12-7-5-4-6-8-12/h4-8,11,13,16H,3,9-10H2,1-2H3,(H,15,17). The highest BCUT2D eigenvalue weighted by molar-refractivity contribution is 5.78. The number of aliphatic hydroxyl groups is 1. The zero-order chi connectivity index (χ0) is 12.7. The Kier molecular flexibility index (Phi) is 5.70. The highest BCUT2D eigenvalue weighted by atomic mass is 16.3. The second kappa shape index (κ2) is 7.07. The van der Waals surface area contributed by atoms with Gasteiger partial charge in [-0.05, 0) is 12.0 Å². The second-order valence-electron chi connectivity index (χ2n) is 4.40. The molecule has 1 rings (SSSR count). The molecular weight excluding hydrogens is 214 g/mol. The maximum Gasteiger partial charge on any atom is 0.222 e. The Morgan fingerprint density at radius 3 is 2.59 bits per heavy atom. The highest BCUT2D eigenvalue weighted by Crippen LogP contribution is 2.03. The van der Waals surface area contributed by atoms with E-state index in [0.29, 0.717) is 13.0 Å².